The van der Waals surface area contributed by atoms with E-state index in [-0.39, 0.29) is 17.6 Å². The summed E-state index contributed by atoms with van der Waals surface area (Å²) in [6.07, 6.45) is 0.751. The lowest BCUT2D eigenvalue weighted by Gasteiger charge is -2.26. The molecule has 0 aromatic carbocycles. The lowest BCUT2D eigenvalue weighted by Crippen LogP contribution is -2.38. The maximum absolute atomic E-state index is 11.6. The molecule has 1 amide bonds. The fourth-order valence-corrected chi connectivity index (χ4v) is 2.24. The zero-order chi connectivity index (χ0) is 12.3. The Labute approximate surface area is 97.9 Å². The maximum Gasteiger partial charge on any atom is 0.409 e. The van der Waals surface area contributed by atoms with E-state index in [2.05, 4.69) is 20.8 Å². The fourth-order valence-electron chi connectivity index (χ4n) is 2.24. The van der Waals surface area contributed by atoms with Crippen molar-refractivity contribution in [2.45, 2.75) is 33.2 Å². The van der Waals surface area contributed by atoms with Crippen LogP contribution in [0.1, 0.15) is 27.2 Å². The van der Waals surface area contributed by atoms with Crippen molar-refractivity contribution in [3.63, 3.8) is 0 Å². The van der Waals surface area contributed by atoms with Crippen LogP contribution in [0, 0.1) is 11.3 Å². The first kappa shape index (κ1) is 13.3. The van der Waals surface area contributed by atoms with Gasteiger partial charge in [0.15, 0.2) is 0 Å². The van der Waals surface area contributed by atoms with Crippen LogP contribution in [0.2, 0.25) is 0 Å². The quantitative estimate of drug-likeness (QED) is 0.728. The number of ether oxygens (including phenoxy) is 2. The zero-order valence-corrected chi connectivity index (χ0v) is 10.9. The Bertz CT molecular complexity index is 247. The smallest absolute Gasteiger partial charge is 0.409 e. The lowest BCUT2D eigenvalue weighted by molar-refractivity contribution is 0.0868. The van der Waals surface area contributed by atoms with E-state index < -0.39 is 0 Å². The number of hydrogen-bond donors (Lipinski definition) is 0. The SMILES string of the molecule is COC[C@@H]1C[C@@H](C(C)(C)C)CN1C(=O)OC. The van der Waals surface area contributed by atoms with Crippen LogP contribution < -0.4 is 0 Å². The molecule has 1 aliphatic heterocycles. The van der Waals surface area contributed by atoms with Gasteiger partial charge in [0.2, 0.25) is 0 Å². The number of nitrogens with zero attached hydrogens (tertiary/aromatic N) is 1. The highest BCUT2D eigenvalue weighted by Crippen LogP contribution is 2.37. The molecule has 0 bridgehead atoms. The molecule has 0 radical (unpaired) electrons. The van der Waals surface area contributed by atoms with E-state index in [1.165, 1.54) is 7.11 Å². The van der Waals surface area contributed by atoms with E-state index in [0.717, 1.165) is 13.0 Å². The number of hydrogen-bond acceptors (Lipinski definition) is 3. The molecule has 4 heteroatoms. The van der Waals surface area contributed by atoms with Gasteiger partial charge in [0, 0.05) is 13.7 Å². The van der Waals surface area contributed by atoms with E-state index in [1.54, 1.807) is 12.0 Å². The first-order valence-electron chi connectivity index (χ1n) is 5.73. The van der Waals surface area contributed by atoms with Crippen LogP contribution in [-0.2, 0) is 9.47 Å². The van der Waals surface area contributed by atoms with Gasteiger partial charge in [0.05, 0.1) is 19.8 Å². The van der Waals surface area contributed by atoms with Crippen LogP contribution in [-0.4, -0.2) is 44.4 Å². The Kier molecular flexibility index (Phi) is 4.19. The molecule has 4 nitrogen and oxygen atoms in total. The highest BCUT2D eigenvalue weighted by molar-refractivity contribution is 5.68. The molecule has 0 spiro atoms. The second kappa shape index (κ2) is 5.04. The largest absolute Gasteiger partial charge is 0.453 e. The molecule has 1 fully saturated rings. The summed E-state index contributed by atoms with van der Waals surface area (Å²) < 4.78 is 9.97. The molecule has 0 aromatic heterocycles. The molecule has 1 rings (SSSR count). The Balaban J connectivity index is 2.72. The van der Waals surface area contributed by atoms with Gasteiger partial charge in [-0.3, -0.25) is 0 Å². The minimum Gasteiger partial charge on any atom is -0.453 e. The molecule has 0 saturated carbocycles. The zero-order valence-electron chi connectivity index (χ0n) is 10.9. The molecule has 1 aliphatic rings. The highest BCUT2D eigenvalue weighted by atomic mass is 16.5. The summed E-state index contributed by atoms with van der Waals surface area (Å²) in [5.74, 6) is 0.506. The van der Waals surface area contributed by atoms with Crippen molar-refractivity contribution in [2.24, 2.45) is 11.3 Å². The van der Waals surface area contributed by atoms with Gasteiger partial charge in [0.1, 0.15) is 0 Å². The monoisotopic (exact) mass is 229 g/mol. The number of amides is 1. The third kappa shape index (κ3) is 2.88. The molecule has 0 aliphatic carbocycles. The van der Waals surface area contributed by atoms with Crippen molar-refractivity contribution in [1.29, 1.82) is 0 Å². The van der Waals surface area contributed by atoms with E-state index in [0.29, 0.717) is 12.5 Å². The second-order valence-corrected chi connectivity index (χ2v) is 5.53. The molecular weight excluding hydrogens is 206 g/mol. The Morgan fingerprint density at radius 1 is 1.38 bits per heavy atom. The third-order valence-corrected chi connectivity index (χ3v) is 3.41. The Morgan fingerprint density at radius 2 is 2.00 bits per heavy atom. The van der Waals surface area contributed by atoms with Crippen molar-refractivity contribution in [3.8, 4) is 0 Å². The number of carbonyl (C=O) groups is 1. The number of rotatable bonds is 2. The van der Waals surface area contributed by atoms with Gasteiger partial charge in [0.25, 0.3) is 0 Å². The Hall–Kier alpha value is -0.770. The van der Waals surface area contributed by atoms with E-state index >= 15 is 0 Å². The van der Waals surface area contributed by atoms with Gasteiger partial charge in [-0.1, -0.05) is 20.8 Å². The van der Waals surface area contributed by atoms with E-state index in [4.69, 9.17) is 9.47 Å². The molecule has 0 N–H and O–H groups in total. The van der Waals surface area contributed by atoms with Gasteiger partial charge in [-0.25, -0.2) is 4.79 Å². The van der Waals surface area contributed by atoms with Crippen molar-refractivity contribution >= 4 is 6.09 Å². The normalized spacial score (nSPS) is 25.9. The maximum atomic E-state index is 11.6. The van der Waals surface area contributed by atoms with Crippen molar-refractivity contribution in [1.82, 2.24) is 4.90 Å². The summed E-state index contributed by atoms with van der Waals surface area (Å²) in [6, 6.07) is 0.154. The average molecular weight is 229 g/mol. The molecule has 0 unspecified atom stereocenters. The summed E-state index contributed by atoms with van der Waals surface area (Å²) >= 11 is 0. The highest BCUT2D eigenvalue weighted by Gasteiger charge is 2.40. The molecule has 16 heavy (non-hydrogen) atoms. The Morgan fingerprint density at radius 3 is 2.44 bits per heavy atom. The van der Waals surface area contributed by atoms with Crippen LogP contribution >= 0.6 is 0 Å². The third-order valence-electron chi connectivity index (χ3n) is 3.41. The molecule has 1 heterocycles. The molecular formula is C12H23NO3. The predicted molar refractivity (Wildman–Crippen MR) is 62.3 cm³/mol. The number of likely N-dealkylation sites (tertiary alicyclic amines) is 1. The van der Waals surface area contributed by atoms with Crippen molar-refractivity contribution in [3.05, 3.63) is 0 Å². The minimum atomic E-state index is -0.242. The van der Waals surface area contributed by atoms with Crippen molar-refractivity contribution < 1.29 is 14.3 Å². The van der Waals surface area contributed by atoms with Gasteiger partial charge in [-0.15, -0.1) is 0 Å². The fraction of sp³-hybridized carbons (Fsp3) is 0.917. The standard InChI is InChI=1S/C12H23NO3/c1-12(2,3)9-6-10(8-15-4)13(7-9)11(14)16-5/h9-10H,6-8H2,1-5H3/t9-,10+/m1/s1. The summed E-state index contributed by atoms with van der Waals surface area (Å²) in [5, 5.41) is 0. The van der Waals surface area contributed by atoms with Gasteiger partial charge in [-0.2, -0.15) is 0 Å². The summed E-state index contributed by atoms with van der Waals surface area (Å²) in [4.78, 5) is 13.4. The van der Waals surface area contributed by atoms with Crippen LogP contribution in [0.5, 0.6) is 0 Å². The van der Waals surface area contributed by atoms with E-state index in [1.807, 2.05) is 0 Å². The first-order chi connectivity index (χ1) is 7.40. The minimum absolute atomic E-state index is 0.154. The van der Waals surface area contributed by atoms with Gasteiger partial charge in [-0.05, 0) is 17.8 Å². The van der Waals surface area contributed by atoms with Crippen LogP contribution in [0.25, 0.3) is 0 Å². The average Bonchev–Trinajstić information content (AvgIpc) is 2.61. The molecule has 2 atom stereocenters. The topological polar surface area (TPSA) is 38.8 Å². The summed E-state index contributed by atoms with van der Waals surface area (Å²) in [6.45, 7) is 7.98. The van der Waals surface area contributed by atoms with Gasteiger partial charge >= 0.3 is 6.09 Å². The molecule has 94 valence electrons. The number of carbonyl (C=O) groups excluding carboxylic acids is 1. The summed E-state index contributed by atoms with van der Waals surface area (Å²) in [5.41, 5.74) is 0.217. The lowest BCUT2D eigenvalue weighted by atomic mass is 9.79. The molecule has 1 saturated heterocycles. The predicted octanol–water partition coefficient (Wildman–Crippen LogP) is 2.14. The summed E-state index contributed by atoms with van der Waals surface area (Å²) in [7, 11) is 3.09. The van der Waals surface area contributed by atoms with Crippen LogP contribution in [0.3, 0.4) is 0 Å². The van der Waals surface area contributed by atoms with E-state index in [9.17, 15) is 4.79 Å². The van der Waals surface area contributed by atoms with Crippen LogP contribution in [0.15, 0.2) is 0 Å². The second-order valence-electron chi connectivity index (χ2n) is 5.53. The van der Waals surface area contributed by atoms with Crippen LogP contribution in [0.4, 0.5) is 4.79 Å². The molecule has 0 aromatic rings. The first-order valence-corrected chi connectivity index (χ1v) is 5.73. The van der Waals surface area contributed by atoms with Crippen molar-refractivity contribution in [2.75, 3.05) is 27.4 Å². The number of methoxy groups -OCH3 is 2. The van der Waals surface area contributed by atoms with Gasteiger partial charge < -0.3 is 14.4 Å².